The van der Waals surface area contributed by atoms with Gasteiger partial charge in [0.05, 0.1) is 0 Å². The van der Waals surface area contributed by atoms with Crippen LogP contribution in [0.3, 0.4) is 0 Å². The molecule has 0 fully saturated rings. The first kappa shape index (κ1) is 15.2. The van der Waals surface area contributed by atoms with Gasteiger partial charge in [-0.25, -0.2) is 4.79 Å². The minimum atomic E-state index is -1.08. The Kier molecular flexibility index (Phi) is 8.30. The van der Waals surface area contributed by atoms with Gasteiger partial charge in [-0.1, -0.05) is 26.5 Å². The van der Waals surface area contributed by atoms with Gasteiger partial charge in [-0.05, 0) is 11.8 Å². The Hall–Kier alpha value is -0.320. The number of nitrogens with zero attached hydrogens (tertiary/aromatic N) is 1. The summed E-state index contributed by atoms with van der Waals surface area (Å²) in [5, 5.41) is 19.3. The molecule has 1 unspecified atom stereocenters. The number of aliphatic imine (C=N–C) groups is 1. The molecule has 0 aromatic carbocycles. The van der Waals surface area contributed by atoms with Gasteiger partial charge < -0.3 is 10.2 Å². The van der Waals surface area contributed by atoms with Crippen LogP contribution in [0.1, 0.15) is 13.8 Å². The molecule has 0 aromatic rings. The van der Waals surface area contributed by atoms with Crippen LogP contribution >= 0.6 is 0 Å². The second kappa shape index (κ2) is 7.12. The molecule has 0 rings (SSSR count). The van der Waals surface area contributed by atoms with Gasteiger partial charge >= 0.3 is 35.5 Å². The quantitative estimate of drug-likeness (QED) is 0.294. The van der Waals surface area contributed by atoms with Crippen molar-refractivity contribution < 1.29 is 44.6 Å². The Labute approximate surface area is 99.7 Å². The van der Waals surface area contributed by atoms with Crippen LogP contribution in [-0.2, 0) is 4.79 Å². The van der Waals surface area contributed by atoms with Gasteiger partial charge in [0.2, 0.25) is 0 Å². The van der Waals surface area contributed by atoms with Gasteiger partial charge in [0.15, 0.2) is 0 Å². The molecule has 1 atom stereocenters. The maximum absolute atomic E-state index is 10.7. The summed E-state index contributed by atoms with van der Waals surface area (Å²) in [5.41, 5.74) is 0. The maximum atomic E-state index is 10.7. The van der Waals surface area contributed by atoms with Gasteiger partial charge in [-0.3, -0.25) is 4.99 Å². The van der Waals surface area contributed by atoms with Gasteiger partial charge in [-0.15, -0.1) is 0 Å². The predicted octanol–water partition coefficient (Wildman–Crippen LogP) is -2.96. The minimum Gasteiger partial charge on any atom is -0.859 e. The van der Waals surface area contributed by atoms with Crippen molar-refractivity contribution >= 4 is 11.9 Å². The van der Waals surface area contributed by atoms with E-state index < -0.39 is 17.9 Å². The van der Waals surface area contributed by atoms with E-state index in [-0.39, 0.29) is 35.5 Å². The van der Waals surface area contributed by atoms with Crippen molar-refractivity contribution in [3.05, 3.63) is 12.7 Å². The third-order valence-electron chi connectivity index (χ3n) is 1.33. The van der Waals surface area contributed by atoms with E-state index in [1.165, 1.54) is 0 Å². The summed E-state index contributed by atoms with van der Waals surface area (Å²) >= 11 is 0. The molecule has 0 saturated carbocycles. The van der Waals surface area contributed by atoms with Crippen molar-refractivity contribution in [2.75, 3.05) is 0 Å². The van der Waals surface area contributed by atoms with E-state index in [2.05, 4.69) is 11.6 Å². The summed E-state index contributed by atoms with van der Waals surface area (Å²) in [4.78, 5) is 13.9. The molecule has 1 N–H and O–H groups in total. The molecule has 0 aliphatic carbocycles. The summed E-state index contributed by atoms with van der Waals surface area (Å²) in [5.74, 6) is -1.86. The summed E-state index contributed by atoms with van der Waals surface area (Å²) in [6.07, 6.45) is 0.998. The average Bonchev–Trinajstić information content (AvgIpc) is 1.98. The number of carboxylic acids is 1. The van der Waals surface area contributed by atoms with E-state index in [0.717, 1.165) is 6.08 Å². The van der Waals surface area contributed by atoms with Crippen molar-refractivity contribution in [1.29, 1.82) is 0 Å². The average molecular weight is 193 g/mol. The van der Waals surface area contributed by atoms with E-state index in [4.69, 9.17) is 5.11 Å². The molecule has 0 spiro atoms. The first-order chi connectivity index (χ1) is 5.49. The van der Waals surface area contributed by atoms with Gasteiger partial charge in [0.1, 0.15) is 6.04 Å². The minimum absolute atomic E-state index is 0. The van der Waals surface area contributed by atoms with Crippen LogP contribution in [0, 0.1) is 5.92 Å². The number of carboxylic acid groups (broad SMARTS) is 1. The third kappa shape index (κ3) is 5.85. The van der Waals surface area contributed by atoms with Gasteiger partial charge in [0.25, 0.3) is 0 Å². The molecule has 0 aliphatic rings. The number of rotatable bonds is 4. The van der Waals surface area contributed by atoms with E-state index >= 15 is 0 Å². The molecule has 68 valence electrons. The molecular weight excluding hydrogens is 181 g/mol. The molecule has 13 heavy (non-hydrogen) atoms. The van der Waals surface area contributed by atoms with Crippen LogP contribution in [0.15, 0.2) is 17.6 Å². The van der Waals surface area contributed by atoms with Gasteiger partial charge in [0, 0.05) is 0 Å². The fourth-order valence-electron chi connectivity index (χ4n) is 0.679. The molecule has 0 saturated heterocycles. The largest absolute Gasteiger partial charge is 1.00 e. The molecule has 0 radical (unpaired) electrons. The monoisotopic (exact) mass is 193 g/mol. The number of hydrogen-bond donors (Lipinski definition) is 1. The van der Waals surface area contributed by atoms with Crippen molar-refractivity contribution in [2.24, 2.45) is 10.9 Å². The van der Waals surface area contributed by atoms with Crippen LogP contribution in [0.25, 0.3) is 0 Å². The van der Waals surface area contributed by atoms with Crippen LogP contribution in [0.2, 0.25) is 0 Å². The molecule has 4 nitrogen and oxygen atoms in total. The topological polar surface area (TPSA) is 72.7 Å². The molecule has 0 aliphatic heterocycles. The van der Waals surface area contributed by atoms with Crippen molar-refractivity contribution in [2.45, 2.75) is 19.9 Å². The second-order valence-corrected chi connectivity index (χ2v) is 2.70. The molecule has 0 amide bonds. The Balaban J connectivity index is 0. The Bertz CT molecular complexity index is 213. The standard InChI is InChI=1S/C8H13NO3.Na/c1-4-6(10)9-7(5(2)3)8(11)12;/h4-5,7H,1H2,2-3H3,(H,9,10)(H,11,12);/q;+1/p-1. The summed E-state index contributed by atoms with van der Waals surface area (Å²) in [6.45, 7) is 6.58. The number of carbonyl (C=O) groups is 1. The van der Waals surface area contributed by atoms with Crippen LogP contribution in [0.4, 0.5) is 0 Å². The zero-order valence-corrected chi connectivity index (χ0v) is 10.2. The first-order valence-electron chi connectivity index (χ1n) is 3.59. The Morgan fingerprint density at radius 2 is 2.08 bits per heavy atom. The normalized spacial score (nSPS) is 13.3. The zero-order valence-electron chi connectivity index (χ0n) is 8.15. The van der Waals surface area contributed by atoms with Crippen LogP contribution in [-0.4, -0.2) is 23.0 Å². The SMILES string of the molecule is C=CC([O-])=NC(C(=O)O)C(C)C.[Na+]. The molecule has 0 aromatic heterocycles. The fraction of sp³-hybridized carbons (Fsp3) is 0.500. The van der Waals surface area contributed by atoms with E-state index in [1.807, 2.05) is 0 Å². The summed E-state index contributed by atoms with van der Waals surface area (Å²) in [6, 6.07) is -0.963. The van der Waals surface area contributed by atoms with E-state index in [9.17, 15) is 9.90 Å². The van der Waals surface area contributed by atoms with Crippen molar-refractivity contribution in [3.8, 4) is 0 Å². The molecule has 0 bridgehead atoms. The predicted molar refractivity (Wildman–Crippen MR) is 43.9 cm³/mol. The Morgan fingerprint density at radius 1 is 1.62 bits per heavy atom. The Morgan fingerprint density at radius 3 is 2.31 bits per heavy atom. The third-order valence-corrected chi connectivity index (χ3v) is 1.33. The van der Waals surface area contributed by atoms with Crippen LogP contribution < -0.4 is 34.7 Å². The maximum Gasteiger partial charge on any atom is 1.00 e. The van der Waals surface area contributed by atoms with E-state index in [0.29, 0.717) is 0 Å². The smallest absolute Gasteiger partial charge is 0.859 e. The number of hydrogen-bond acceptors (Lipinski definition) is 3. The van der Waals surface area contributed by atoms with Crippen molar-refractivity contribution in [1.82, 2.24) is 0 Å². The van der Waals surface area contributed by atoms with Crippen LogP contribution in [0.5, 0.6) is 0 Å². The fourth-order valence-corrected chi connectivity index (χ4v) is 0.679. The zero-order chi connectivity index (χ0) is 9.72. The molecule has 5 heteroatoms. The number of aliphatic carboxylic acids is 1. The van der Waals surface area contributed by atoms with Crippen molar-refractivity contribution in [3.63, 3.8) is 0 Å². The first-order valence-corrected chi connectivity index (χ1v) is 3.59. The second-order valence-electron chi connectivity index (χ2n) is 2.70. The van der Waals surface area contributed by atoms with E-state index in [1.54, 1.807) is 13.8 Å². The molecular formula is C8H12NNaO3. The molecule has 0 heterocycles. The summed E-state index contributed by atoms with van der Waals surface area (Å²) < 4.78 is 0. The van der Waals surface area contributed by atoms with Gasteiger partial charge in [-0.2, -0.15) is 0 Å². The summed E-state index contributed by atoms with van der Waals surface area (Å²) in [7, 11) is 0.